The minimum absolute atomic E-state index is 0.341. The molecule has 0 atom stereocenters. The predicted octanol–water partition coefficient (Wildman–Crippen LogP) is 2.02. The van der Waals surface area contributed by atoms with Crippen molar-refractivity contribution in [2.75, 3.05) is 26.7 Å². The number of rotatable bonds is 5. The van der Waals surface area contributed by atoms with Crippen LogP contribution < -0.4 is 5.32 Å². The highest BCUT2D eigenvalue weighted by Gasteiger charge is 2.29. The van der Waals surface area contributed by atoms with Crippen molar-refractivity contribution in [2.24, 2.45) is 5.41 Å². The van der Waals surface area contributed by atoms with Gasteiger partial charge in [0.2, 0.25) is 5.91 Å². The van der Waals surface area contributed by atoms with Gasteiger partial charge in [0.05, 0.1) is 0 Å². The molecule has 3 heteroatoms. The number of nitrogens with zero attached hydrogens (tertiary/aromatic N) is 1. The number of hydrogen-bond acceptors (Lipinski definition) is 2. The van der Waals surface area contributed by atoms with Crippen molar-refractivity contribution in [1.82, 2.24) is 10.2 Å². The predicted molar refractivity (Wildman–Crippen MR) is 67.4 cm³/mol. The number of carbonyl (C=O) groups excluding carboxylic acids is 1. The zero-order chi connectivity index (χ0) is 12.0. The largest absolute Gasteiger partial charge is 0.343 e. The number of nitrogens with one attached hydrogen (secondary N) is 1. The van der Waals surface area contributed by atoms with Crippen molar-refractivity contribution in [1.29, 1.82) is 0 Å². The Bertz CT molecular complexity index is 220. The maximum absolute atomic E-state index is 11.9. The minimum atomic E-state index is 0.341. The number of amides is 1. The summed E-state index contributed by atoms with van der Waals surface area (Å²) in [7, 11) is 1.93. The summed E-state index contributed by atoms with van der Waals surface area (Å²) in [6.07, 6.45) is 5.22. The summed E-state index contributed by atoms with van der Waals surface area (Å²) in [5, 5.41) is 3.08. The van der Waals surface area contributed by atoms with Gasteiger partial charge in [0.15, 0.2) is 0 Å². The van der Waals surface area contributed by atoms with Crippen LogP contribution in [0.5, 0.6) is 0 Å². The molecule has 0 unspecified atom stereocenters. The minimum Gasteiger partial charge on any atom is -0.343 e. The molecule has 1 rings (SSSR count). The summed E-state index contributed by atoms with van der Waals surface area (Å²) in [6.45, 7) is 7.46. The monoisotopic (exact) mass is 226 g/mol. The quantitative estimate of drug-likeness (QED) is 0.727. The van der Waals surface area contributed by atoms with Crippen LogP contribution in [0.4, 0.5) is 0 Å². The van der Waals surface area contributed by atoms with Crippen molar-refractivity contribution in [3.8, 4) is 0 Å². The van der Waals surface area contributed by atoms with Gasteiger partial charge in [0.25, 0.3) is 0 Å². The maximum Gasteiger partial charge on any atom is 0.222 e. The van der Waals surface area contributed by atoms with Gasteiger partial charge >= 0.3 is 0 Å². The highest BCUT2D eigenvalue weighted by atomic mass is 16.2. The van der Waals surface area contributed by atoms with Crippen molar-refractivity contribution in [3.05, 3.63) is 0 Å². The second kappa shape index (κ2) is 6.24. The van der Waals surface area contributed by atoms with Crippen LogP contribution in [0.1, 0.15) is 46.0 Å². The van der Waals surface area contributed by atoms with E-state index in [4.69, 9.17) is 0 Å². The lowest BCUT2D eigenvalue weighted by Crippen LogP contribution is -2.42. The molecule has 1 amide bonds. The number of carbonyl (C=O) groups is 1. The third-order valence-electron chi connectivity index (χ3n) is 3.99. The van der Waals surface area contributed by atoms with Gasteiger partial charge in [-0.05, 0) is 38.3 Å². The van der Waals surface area contributed by atoms with Crippen LogP contribution in [0.2, 0.25) is 0 Å². The Labute approximate surface area is 99.6 Å². The molecular weight excluding hydrogens is 200 g/mol. The molecule has 0 bridgehead atoms. The molecular formula is C13H26N2O. The van der Waals surface area contributed by atoms with Gasteiger partial charge in [-0.3, -0.25) is 4.79 Å². The van der Waals surface area contributed by atoms with E-state index < -0.39 is 0 Å². The first-order valence-electron chi connectivity index (χ1n) is 6.54. The fourth-order valence-corrected chi connectivity index (χ4v) is 2.22. The third kappa shape index (κ3) is 3.78. The lowest BCUT2D eigenvalue weighted by molar-refractivity contribution is -0.133. The maximum atomic E-state index is 11.9. The summed E-state index contributed by atoms with van der Waals surface area (Å²) in [5.74, 6) is 0.341. The summed E-state index contributed by atoms with van der Waals surface area (Å²) in [4.78, 5) is 13.9. The Morgan fingerprint density at radius 3 is 2.50 bits per heavy atom. The van der Waals surface area contributed by atoms with Crippen LogP contribution in [0.3, 0.4) is 0 Å². The SMILES string of the molecule is CCC1(C)CCN(C(=O)CCCNC)CC1. The van der Waals surface area contributed by atoms with Crippen LogP contribution in [0.25, 0.3) is 0 Å². The third-order valence-corrected chi connectivity index (χ3v) is 3.99. The standard InChI is InChI=1S/C13H26N2O/c1-4-13(2)7-10-15(11-8-13)12(16)6-5-9-14-3/h14H,4-11H2,1-3H3. The van der Waals surface area contributed by atoms with Crippen LogP contribution in [0, 0.1) is 5.41 Å². The summed E-state index contributed by atoms with van der Waals surface area (Å²) < 4.78 is 0. The molecule has 0 radical (unpaired) electrons. The molecule has 1 aliphatic rings. The van der Waals surface area contributed by atoms with Crippen molar-refractivity contribution in [3.63, 3.8) is 0 Å². The average Bonchev–Trinajstić information content (AvgIpc) is 2.30. The van der Waals surface area contributed by atoms with Gasteiger partial charge in [-0.2, -0.15) is 0 Å². The van der Waals surface area contributed by atoms with Crippen LogP contribution in [-0.4, -0.2) is 37.5 Å². The van der Waals surface area contributed by atoms with Crippen LogP contribution in [-0.2, 0) is 4.79 Å². The van der Waals surface area contributed by atoms with E-state index in [-0.39, 0.29) is 0 Å². The zero-order valence-corrected chi connectivity index (χ0v) is 11.0. The molecule has 0 aromatic carbocycles. The van der Waals surface area contributed by atoms with Crippen LogP contribution >= 0.6 is 0 Å². The Hall–Kier alpha value is -0.570. The lowest BCUT2D eigenvalue weighted by Gasteiger charge is -2.39. The van der Waals surface area contributed by atoms with E-state index in [9.17, 15) is 4.79 Å². The molecule has 0 saturated carbocycles. The highest BCUT2D eigenvalue weighted by Crippen LogP contribution is 2.33. The molecule has 1 aliphatic heterocycles. The first-order chi connectivity index (χ1) is 7.61. The van der Waals surface area contributed by atoms with Gasteiger partial charge in [0, 0.05) is 19.5 Å². The Morgan fingerprint density at radius 2 is 2.00 bits per heavy atom. The zero-order valence-electron chi connectivity index (χ0n) is 11.0. The molecule has 16 heavy (non-hydrogen) atoms. The van der Waals surface area contributed by atoms with Crippen molar-refractivity contribution < 1.29 is 4.79 Å². The van der Waals surface area contributed by atoms with E-state index in [2.05, 4.69) is 19.2 Å². The second-order valence-corrected chi connectivity index (χ2v) is 5.25. The molecule has 0 aliphatic carbocycles. The lowest BCUT2D eigenvalue weighted by atomic mass is 9.78. The fraction of sp³-hybridized carbons (Fsp3) is 0.923. The summed E-state index contributed by atoms with van der Waals surface area (Å²) in [6, 6.07) is 0. The molecule has 94 valence electrons. The molecule has 3 nitrogen and oxygen atoms in total. The average molecular weight is 226 g/mol. The Balaban J connectivity index is 2.27. The molecule has 1 N–H and O–H groups in total. The topological polar surface area (TPSA) is 32.3 Å². The fourth-order valence-electron chi connectivity index (χ4n) is 2.22. The van der Waals surface area contributed by atoms with E-state index in [1.54, 1.807) is 0 Å². The Morgan fingerprint density at radius 1 is 1.38 bits per heavy atom. The van der Waals surface area contributed by atoms with Gasteiger partial charge in [-0.15, -0.1) is 0 Å². The second-order valence-electron chi connectivity index (χ2n) is 5.25. The molecule has 1 heterocycles. The highest BCUT2D eigenvalue weighted by molar-refractivity contribution is 5.76. The molecule has 1 saturated heterocycles. The van der Waals surface area contributed by atoms with E-state index in [0.717, 1.165) is 26.1 Å². The van der Waals surface area contributed by atoms with E-state index in [1.807, 2.05) is 11.9 Å². The summed E-state index contributed by atoms with van der Waals surface area (Å²) >= 11 is 0. The number of piperidine rings is 1. The normalized spacial score (nSPS) is 19.8. The van der Waals surface area contributed by atoms with Gasteiger partial charge in [-0.25, -0.2) is 0 Å². The van der Waals surface area contributed by atoms with E-state index >= 15 is 0 Å². The number of hydrogen-bond donors (Lipinski definition) is 1. The van der Waals surface area contributed by atoms with E-state index in [1.165, 1.54) is 19.3 Å². The molecule has 0 spiro atoms. The van der Waals surface area contributed by atoms with Crippen molar-refractivity contribution in [2.45, 2.75) is 46.0 Å². The smallest absolute Gasteiger partial charge is 0.222 e. The molecule has 1 fully saturated rings. The molecule has 0 aromatic rings. The first-order valence-corrected chi connectivity index (χ1v) is 6.54. The van der Waals surface area contributed by atoms with Gasteiger partial charge in [-0.1, -0.05) is 20.3 Å². The van der Waals surface area contributed by atoms with Gasteiger partial charge in [0.1, 0.15) is 0 Å². The van der Waals surface area contributed by atoms with Crippen LogP contribution in [0.15, 0.2) is 0 Å². The first kappa shape index (κ1) is 13.5. The number of likely N-dealkylation sites (tertiary alicyclic amines) is 1. The van der Waals surface area contributed by atoms with Crippen molar-refractivity contribution >= 4 is 5.91 Å². The van der Waals surface area contributed by atoms with Gasteiger partial charge < -0.3 is 10.2 Å². The summed E-state index contributed by atoms with van der Waals surface area (Å²) in [5.41, 5.74) is 0.474. The Kier molecular flexibility index (Phi) is 5.26. The van der Waals surface area contributed by atoms with E-state index in [0.29, 0.717) is 17.7 Å². The molecule has 0 aromatic heterocycles.